The number of ether oxygens (including phenoxy) is 1. The minimum Gasteiger partial charge on any atom is -0.456 e. The molecular formula is C20H20N2O6. The molecule has 8 heteroatoms. The first-order chi connectivity index (χ1) is 13.3. The van der Waals surface area contributed by atoms with Gasteiger partial charge in [-0.25, -0.2) is 4.79 Å². The number of furan rings is 1. The molecule has 0 aliphatic rings. The van der Waals surface area contributed by atoms with Crippen LogP contribution in [0.4, 0.5) is 0 Å². The molecule has 0 unspecified atom stereocenters. The van der Waals surface area contributed by atoms with Crippen LogP contribution in [0.5, 0.6) is 0 Å². The van der Waals surface area contributed by atoms with Gasteiger partial charge in [0.1, 0.15) is 11.5 Å². The summed E-state index contributed by atoms with van der Waals surface area (Å²) < 4.78 is 10.3. The molecule has 2 amide bonds. The normalized spacial score (nSPS) is 10.9. The van der Waals surface area contributed by atoms with Crippen LogP contribution in [0.3, 0.4) is 0 Å². The highest BCUT2D eigenvalue weighted by Crippen LogP contribution is 2.10. The van der Waals surface area contributed by atoms with E-state index in [1.165, 1.54) is 26.0 Å². The van der Waals surface area contributed by atoms with Crippen molar-refractivity contribution < 1.29 is 28.3 Å². The van der Waals surface area contributed by atoms with Crippen molar-refractivity contribution in [3.63, 3.8) is 0 Å². The molecule has 0 saturated heterocycles. The first-order valence-electron chi connectivity index (χ1n) is 8.43. The number of amides is 2. The Morgan fingerprint density at radius 3 is 2.36 bits per heavy atom. The minimum atomic E-state index is -0.850. The van der Waals surface area contributed by atoms with E-state index in [0.29, 0.717) is 11.3 Å². The summed E-state index contributed by atoms with van der Waals surface area (Å²) in [6, 6.07) is 11.9. The smallest absolute Gasteiger partial charge is 0.355 e. The quantitative estimate of drug-likeness (QED) is 0.408. The van der Waals surface area contributed by atoms with Crippen LogP contribution in [0, 0.1) is 0 Å². The second-order valence-corrected chi connectivity index (χ2v) is 5.82. The first kappa shape index (κ1) is 20.6. The summed E-state index contributed by atoms with van der Waals surface area (Å²) in [7, 11) is 0. The van der Waals surface area contributed by atoms with Gasteiger partial charge in [0.15, 0.2) is 12.4 Å². The zero-order chi connectivity index (χ0) is 20.5. The van der Waals surface area contributed by atoms with Gasteiger partial charge in [-0.1, -0.05) is 30.3 Å². The van der Waals surface area contributed by atoms with Gasteiger partial charge in [-0.3, -0.25) is 14.4 Å². The zero-order valence-corrected chi connectivity index (χ0v) is 15.5. The zero-order valence-electron chi connectivity index (χ0n) is 15.5. The molecule has 0 saturated carbocycles. The highest BCUT2D eigenvalue weighted by molar-refractivity contribution is 6.00. The number of Topliss-reactive ketones (excluding diaryl/α,β-unsaturated/α-hetero) is 1. The number of esters is 1. The summed E-state index contributed by atoms with van der Waals surface area (Å²) in [6.07, 6.45) is 1.45. The lowest BCUT2D eigenvalue weighted by Crippen LogP contribution is -2.27. The van der Waals surface area contributed by atoms with Crippen molar-refractivity contribution in [2.24, 2.45) is 0 Å². The van der Waals surface area contributed by atoms with Gasteiger partial charge in [-0.2, -0.15) is 0 Å². The van der Waals surface area contributed by atoms with Crippen LogP contribution < -0.4 is 10.6 Å². The number of carbonyl (C=O) groups is 4. The lowest BCUT2D eigenvalue weighted by molar-refractivity contribution is -0.139. The third-order valence-corrected chi connectivity index (χ3v) is 3.42. The van der Waals surface area contributed by atoms with E-state index in [2.05, 4.69) is 10.6 Å². The molecule has 2 aromatic rings. The monoisotopic (exact) mass is 384 g/mol. The predicted octanol–water partition coefficient (Wildman–Crippen LogP) is 1.82. The Balaban J connectivity index is 1.99. The topological polar surface area (TPSA) is 115 Å². The third kappa shape index (κ3) is 6.56. The van der Waals surface area contributed by atoms with Gasteiger partial charge >= 0.3 is 5.97 Å². The predicted molar refractivity (Wildman–Crippen MR) is 99.8 cm³/mol. The van der Waals surface area contributed by atoms with Crippen LogP contribution in [0.15, 0.2) is 52.6 Å². The molecule has 0 radical (unpaired) electrons. The van der Waals surface area contributed by atoms with Crippen molar-refractivity contribution in [3.8, 4) is 0 Å². The largest absolute Gasteiger partial charge is 0.456 e. The van der Waals surface area contributed by atoms with Gasteiger partial charge in [0.2, 0.25) is 17.6 Å². The summed E-state index contributed by atoms with van der Waals surface area (Å²) in [5, 5.41) is 4.94. The second kappa shape index (κ2) is 9.86. The second-order valence-electron chi connectivity index (χ2n) is 5.82. The van der Waals surface area contributed by atoms with Gasteiger partial charge in [-0.05, 0) is 23.8 Å². The van der Waals surface area contributed by atoms with E-state index in [4.69, 9.17) is 9.15 Å². The maximum atomic E-state index is 12.3. The summed E-state index contributed by atoms with van der Waals surface area (Å²) in [4.78, 5) is 46.6. The Kier molecular flexibility index (Phi) is 7.27. The maximum absolute atomic E-state index is 12.3. The Morgan fingerprint density at radius 2 is 1.71 bits per heavy atom. The molecule has 1 heterocycles. The first-order valence-corrected chi connectivity index (χ1v) is 8.43. The Labute approximate surface area is 161 Å². The fourth-order valence-electron chi connectivity index (χ4n) is 2.17. The third-order valence-electron chi connectivity index (χ3n) is 3.42. The van der Waals surface area contributed by atoms with Crippen molar-refractivity contribution >= 4 is 29.6 Å². The molecule has 0 aliphatic heterocycles. The highest BCUT2D eigenvalue weighted by atomic mass is 16.5. The standard InChI is InChI=1S/C20H20N2O6/c1-13(23)21-11-16-8-9-19(28-16)18(25)12-27-20(26)17(22-14(2)24)10-15-6-4-3-5-7-15/h3-10H,11-12H2,1-2H3,(H,21,23)(H,22,24)/b17-10+. The number of rotatable bonds is 8. The molecule has 1 aromatic heterocycles. The molecule has 1 aromatic carbocycles. The molecule has 146 valence electrons. The van der Waals surface area contributed by atoms with E-state index in [0.717, 1.165) is 0 Å². The fourth-order valence-corrected chi connectivity index (χ4v) is 2.17. The van der Waals surface area contributed by atoms with Crippen LogP contribution in [0.2, 0.25) is 0 Å². The van der Waals surface area contributed by atoms with E-state index < -0.39 is 24.3 Å². The van der Waals surface area contributed by atoms with E-state index >= 15 is 0 Å². The van der Waals surface area contributed by atoms with Gasteiger partial charge in [-0.15, -0.1) is 0 Å². The molecule has 0 bridgehead atoms. The van der Waals surface area contributed by atoms with E-state index in [-0.39, 0.29) is 23.9 Å². The number of ketones is 1. The number of hydrogen-bond donors (Lipinski definition) is 2. The van der Waals surface area contributed by atoms with Crippen LogP contribution in [-0.4, -0.2) is 30.2 Å². The van der Waals surface area contributed by atoms with E-state index in [1.54, 1.807) is 30.3 Å². The average molecular weight is 384 g/mol. The van der Waals surface area contributed by atoms with Crippen molar-refractivity contribution in [1.29, 1.82) is 0 Å². The number of benzene rings is 1. The minimum absolute atomic E-state index is 0.00117. The van der Waals surface area contributed by atoms with Crippen LogP contribution >= 0.6 is 0 Å². The molecule has 0 atom stereocenters. The lowest BCUT2D eigenvalue weighted by Gasteiger charge is -2.08. The summed E-state index contributed by atoms with van der Waals surface area (Å²) >= 11 is 0. The average Bonchev–Trinajstić information content (AvgIpc) is 3.13. The molecular weight excluding hydrogens is 364 g/mol. The Hall–Kier alpha value is -3.68. The summed E-state index contributed by atoms with van der Waals surface area (Å²) in [5.74, 6) is -1.68. The van der Waals surface area contributed by atoms with Crippen LogP contribution in [0.25, 0.3) is 6.08 Å². The van der Waals surface area contributed by atoms with Gasteiger partial charge in [0, 0.05) is 13.8 Å². The Morgan fingerprint density at radius 1 is 1.00 bits per heavy atom. The summed E-state index contributed by atoms with van der Waals surface area (Å²) in [6.45, 7) is 2.22. The van der Waals surface area contributed by atoms with Crippen molar-refractivity contribution in [3.05, 3.63) is 65.2 Å². The van der Waals surface area contributed by atoms with Gasteiger partial charge in [0.05, 0.1) is 6.54 Å². The molecule has 2 rings (SSSR count). The number of nitrogens with one attached hydrogen (secondary N) is 2. The highest BCUT2D eigenvalue weighted by Gasteiger charge is 2.17. The van der Waals surface area contributed by atoms with E-state index in [9.17, 15) is 19.2 Å². The SMILES string of the molecule is CC(=O)NCc1ccc(C(=O)COC(=O)/C(=C\c2ccccc2)NC(C)=O)o1. The molecule has 2 N–H and O–H groups in total. The lowest BCUT2D eigenvalue weighted by atomic mass is 10.2. The van der Waals surface area contributed by atoms with Crippen molar-refractivity contribution in [2.45, 2.75) is 20.4 Å². The van der Waals surface area contributed by atoms with Crippen molar-refractivity contribution in [1.82, 2.24) is 10.6 Å². The fraction of sp³-hybridized carbons (Fsp3) is 0.200. The number of carbonyl (C=O) groups excluding carboxylic acids is 4. The number of hydrogen-bond acceptors (Lipinski definition) is 6. The molecule has 8 nitrogen and oxygen atoms in total. The van der Waals surface area contributed by atoms with E-state index in [1.807, 2.05) is 6.07 Å². The van der Waals surface area contributed by atoms with Crippen LogP contribution in [-0.2, 0) is 25.7 Å². The maximum Gasteiger partial charge on any atom is 0.355 e. The van der Waals surface area contributed by atoms with Gasteiger partial charge < -0.3 is 19.8 Å². The van der Waals surface area contributed by atoms with Gasteiger partial charge in [0.25, 0.3) is 0 Å². The molecule has 0 spiro atoms. The molecule has 28 heavy (non-hydrogen) atoms. The molecule has 0 fully saturated rings. The summed E-state index contributed by atoms with van der Waals surface area (Å²) in [5.41, 5.74) is 0.598. The Bertz CT molecular complexity index is 898. The van der Waals surface area contributed by atoms with Crippen molar-refractivity contribution in [2.75, 3.05) is 6.61 Å². The van der Waals surface area contributed by atoms with Crippen LogP contribution in [0.1, 0.15) is 35.7 Å². The molecule has 0 aliphatic carbocycles.